The second-order valence-corrected chi connectivity index (χ2v) is 9.36. The maximum atomic E-state index is 13.0. The van der Waals surface area contributed by atoms with Crippen molar-refractivity contribution in [1.82, 2.24) is 14.9 Å². The summed E-state index contributed by atoms with van der Waals surface area (Å²) in [5, 5.41) is 15.3. The Morgan fingerprint density at radius 2 is 1.92 bits per heavy atom. The van der Waals surface area contributed by atoms with Crippen molar-refractivity contribution in [3.8, 4) is 17.5 Å². The Morgan fingerprint density at radius 1 is 1.29 bits per heavy atom. The quantitative estimate of drug-likeness (QED) is 0.489. The van der Waals surface area contributed by atoms with Gasteiger partial charge in [0, 0.05) is 24.7 Å². The molecule has 38 heavy (non-hydrogen) atoms. The molecule has 13 heteroatoms. The van der Waals surface area contributed by atoms with Crippen LogP contribution in [0, 0.1) is 23.2 Å². The molecule has 1 fully saturated rings. The van der Waals surface area contributed by atoms with Crippen LogP contribution in [0.1, 0.15) is 68.5 Å². The highest BCUT2D eigenvalue weighted by molar-refractivity contribution is 7.51. The van der Waals surface area contributed by atoms with E-state index in [2.05, 4.69) is 28.6 Å². The Morgan fingerprint density at radius 3 is 2.45 bits per heavy atom. The summed E-state index contributed by atoms with van der Waals surface area (Å²) in [6.07, 6.45) is 0.432. The number of carbonyl (C=O) groups excluding carboxylic acids is 1. The van der Waals surface area contributed by atoms with Crippen molar-refractivity contribution in [3.63, 3.8) is 0 Å². The number of nitrogens with one attached hydrogen (secondary N) is 2. The number of amides is 1. The Kier molecular flexibility index (Phi) is 11.3. The van der Waals surface area contributed by atoms with Crippen molar-refractivity contribution < 1.29 is 31.1 Å². The van der Waals surface area contributed by atoms with E-state index < -0.39 is 29.7 Å². The van der Waals surface area contributed by atoms with Gasteiger partial charge in [-0.3, -0.25) is 9.36 Å². The van der Waals surface area contributed by atoms with Crippen LogP contribution in [0.15, 0.2) is 18.2 Å². The minimum atomic E-state index is -4.41. The summed E-state index contributed by atoms with van der Waals surface area (Å²) >= 11 is -0.750. The number of methoxy groups -OCH3 is 1. The average molecular weight is 556 g/mol. The predicted octanol–water partition coefficient (Wildman–Crippen LogP) is 4.56. The van der Waals surface area contributed by atoms with Crippen LogP contribution in [-0.2, 0) is 18.0 Å². The lowest BCUT2D eigenvalue weighted by molar-refractivity contribution is -0.138. The van der Waals surface area contributed by atoms with Gasteiger partial charge in [0.25, 0.3) is 5.91 Å². The minimum Gasteiger partial charge on any atom is -0.494 e. The van der Waals surface area contributed by atoms with Gasteiger partial charge in [-0.05, 0) is 43.7 Å². The van der Waals surface area contributed by atoms with Crippen molar-refractivity contribution in [3.05, 3.63) is 35.4 Å². The van der Waals surface area contributed by atoms with E-state index in [-0.39, 0.29) is 22.8 Å². The lowest BCUT2D eigenvalue weighted by atomic mass is 9.83. The number of halogens is 3. The van der Waals surface area contributed by atoms with Gasteiger partial charge in [-0.2, -0.15) is 26.9 Å². The SMILES string of the molecule is CCc1nc(C(=O)NCC2CCC(C)CC2)c(C#N)n1-c1ccc(N[C@H](C)C(F)(F)F)cc1OC.O=S=O. The van der Waals surface area contributed by atoms with Gasteiger partial charge in [-0.1, -0.05) is 26.7 Å². The van der Waals surface area contributed by atoms with Crippen LogP contribution in [0.4, 0.5) is 18.9 Å². The molecule has 1 heterocycles. The lowest BCUT2D eigenvalue weighted by Crippen LogP contribution is -2.33. The predicted molar refractivity (Wildman–Crippen MR) is 136 cm³/mol. The molecule has 1 saturated carbocycles. The Labute approximate surface area is 223 Å². The third-order valence-electron chi connectivity index (χ3n) is 6.57. The van der Waals surface area contributed by atoms with Crippen LogP contribution >= 0.6 is 0 Å². The topological polar surface area (TPSA) is 126 Å². The monoisotopic (exact) mass is 555 g/mol. The summed E-state index contributed by atoms with van der Waals surface area (Å²) in [5.41, 5.74) is 0.716. The van der Waals surface area contributed by atoms with Crippen molar-refractivity contribution in [2.75, 3.05) is 19.0 Å². The number of nitrogens with zero attached hydrogens (tertiary/aromatic N) is 3. The van der Waals surface area contributed by atoms with Gasteiger partial charge in [0.05, 0.1) is 12.8 Å². The molecule has 1 aliphatic rings. The number of ether oxygens (including phenoxy) is 1. The molecule has 0 bridgehead atoms. The highest BCUT2D eigenvalue weighted by Gasteiger charge is 2.36. The van der Waals surface area contributed by atoms with Crippen LogP contribution in [0.3, 0.4) is 0 Å². The molecule has 2 aromatic rings. The number of hydrogen-bond acceptors (Lipinski definition) is 7. The fourth-order valence-corrected chi connectivity index (χ4v) is 4.36. The van der Waals surface area contributed by atoms with E-state index in [1.807, 2.05) is 6.92 Å². The summed E-state index contributed by atoms with van der Waals surface area (Å²) in [5.74, 6) is 1.43. The van der Waals surface area contributed by atoms with Crippen LogP contribution in [0.25, 0.3) is 5.69 Å². The van der Waals surface area contributed by atoms with Gasteiger partial charge in [0.1, 0.15) is 23.7 Å². The molecule has 1 aliphatic carbocycles. The number of benzene rings is 1. The summed E-state index contributed by atoms with van der Waals surface area (Å²) in [4.78, 5) is 17.4. The smallest absolute Gasteiger partial charge is 0.408 e. The van der Waals surface area contributed by atoms with E-state index in [1.54, 1.807) is 6.07 Å². The highest BCUT2D eigenvalue weighted by atomic mass is 32.1. The largest absolute Gasteiger partial charge is 0.494 e. The summed E-state index contributed by atoms with van der Waals surface area (Å²) in [6.45, 7) is 5.64. The number of carbonyl (C=O) groups is 1. The fourth-order valence-electron chi connectivity index (χ4n) is 4.36. The van der Waals surface area contributed by atoms with Gasteiger partial charge < -0.3 is 15.4 Å². The molecule has 0 aliphatic heterocycles. The Balaban J connectivity index is 0.00000161. The van der Waals surface area contributed by atoms with Crippen molar-refractivity contribution in [2.45, 2.75) is 65.1 Å². The van der Waals surface area contributed by atoms with E-state index in [0.29, 0.717) is 36.3 Å². The summed E-state index contributed by atoms with van der Waals surface area (Å²) < 4.78 is 62.4. The maximum absolute atomic E-state index is 13.0. The summed E-state index contributed by atoms with van der Waals surface area (Å²) in [7, 11) is 1.39. The van der Waals surface area contributed by atoms with Crippen LogP contribution in [-0.4, -0.2) is 49.7 Å². The molecule has 3 rings (SSSR count). The first-order valence-electron chi connectivity index (χ1n) is 12.2. The molecule has 9 nitrogen and oxygen atoms in total. The van der Waals surface area contributed by atoms with E-state index >= 15 is 0 Å². The van der Waals surface area contributed by atoms with E-state index in [1.165, 1.54) is 23.8 Å². The molecule has 2 N–H and O–H groups in total. The molecular formula is C25H32F3N5O4S. The number of hydrogen-bond donors (Lipinski definition) is 2. The number of nitriles is 1. The van der Waals surface area contributed by atoms with Gasteiger partial charge in [0.15, 0.2) is 11.4 Å². The van der Waals surface area contributed by atoms with Crippen molar-refractivity contribution in [1.29, 1.82) is 5.26 Å². The normalized spacial score (nSPS) is 17.8. The Hall–Kier alpha value is -3.40. The standard InChI is InChI=1S/C25H32F3N5O2.O2S/c1-5-22-32-23(24(34)30-14-17-8-6-15(2)7-9-17)20(13-29)33(22)19-11-10-18(12-21(19)35-4)31-16(3)25(26,27)28;1-3-2/h10-12,15-17,31H,5-9,14H2,1-4H3,(H,30,34);/t15?,16-,17?;/m1./s1. The van der Waals surface area contributed by atoms with E-state index in [4.69, 9.17) is 13.2 Å². The second kappa shape index (κ2) is 13.9. The zero-order chi connectivity index (χ0) is 28.5. The number of aryl methyl sites for hydroxylation is 1. The first-order chi connectivity index (χ1) is 18.0. The first-order valence-corrected chi connectivity index (χ1v) is 12.9. The highest BCUT2D eigenvalue weighted by Crippen LogP contribution is 2.32. The molecule has 0 unspecified atom stereocenters. The van der Waals surface area contributed by atoms with Gasteiger partial charge in [-0.15, -0.1) is 0 Å². The van der Waals surface area contributed by atoms with Gasteiger partial charge >= 0.3 is 17.7 Å². The van der Waals surface area contributed by atoms with Crippen LogP contribution in [0.2, 0.25) is 0 Å². The second-order valence-electron chi connectivity index (χ2n) is 9.22. The number of aromatic nitrogens is 2. The van der Waals surface area contributed by atoms with Crippen LogP contribution < -0.4 is 15.4 Å². The van der Waals surface area contributed by atoms with Gasteiger partial charge in [-0.25, -0.2) is 4.98 Å². The van der Waals surface area contributed by atoms with E-state index in [9.17, 15) is 23.2 Å². The van der Waals surface area contributed by atoms with Crippen molar-refractivity contribution >= 4 is 23.2 Å². The zero-order valence-corrected chi connectivity index (χ0v) is 22.5. The molecule has 0 spiro atoms. The molecule has 1 aromatic heterocycles. The first kappa shape index (κ1) is 30.8. The summed E-state index contributed by atoms with van der Waals surface area (Å²) in [6, 6.07) is 4.79. The molecule has 208 valence electrons. The average Bonchev–Trinajstić information content (AvgIpc) is 3.26. The van der Waals surface area contributed by atoms with E-state index in [0.717, 1.165) is 32.6 Å². The third-order valence-corrected chi connectivity index (χ3v) is 6.57. The lowest BCUT2D eigenvalue weighted by Gasteiger charge is -2.26. The number of anilines is 1. The molecule has 0 saturated heterocycles. The van der Waals surface area contributed by atoms with Crippen molar-refractivity contribution in [2.24, 2.45) is 11.8 Å². The van der Waals surface area contributed by atoms with Gasteiger partial charge in [0.2, 0.25) is 0 Å². The Bertz CT molecular complexity index is 1180. The molecule has 1 atom stereocenters. The molecule has 0 radical (unpaired) electrons. The minimum absolute atomic E-state index is 0.0310. The molecule has 1 aromatic carbocycles. The zero-order valence-electron chi connectivity index (χ0n) is 21.7. The van der Waals surface area contributed by atoms with Crippen LogP contribution in [0.5, 0.6) is 5.75 Å². The number of alkyl halides is 3. The third kappa shape index (κ3) is 7.80. The number of imidazole rings is 1. The fraction of sp³-hybridized carbons (Fsp3) is 0.560. The molecule has 1 amide bonds. The maximum Gasteiger partial charge on any atom is 0.408 e. The molecular weight excluding hydrogens is 523 g/mol. The number of rotatable bonds is 8.